The Bertz CT molecular complexity index is 1620. The van der Waals surface area contributed by atoms with E-state index in [9.17, 15) is 40.0 Å². The van der Waals surface area contributed by atoms with Crippen LogP contribution in [0.25, 0.3) is 0 Å². The average molecular weight is 668 g/mol. The second-order valence-corrected chi connectivity index (χ2v) is 12.9. The van der Waals surface area contributed by atoms with Crippen LogP contribution < -0.4 is 15.8 Å². The number of carbonyl (C=O) groups excluding carboxylic acids is 2. The third-order valence-electron chi connectivity index (χ3n) is 7.26. The SMILES string of the molecule is N[C@@H](CC(=O)N1CCN(CC(=O)Nc2cccc(NS(=O)(=O)CC(F)(F)F)c2)CC1Cc1ccccc1)Cc1ccc(F)c(F)c1. The van der Waals surface area contributed by atoms with Crippen molar-refractivity contribution in [2.24, 2.45) is 5.73 Å². The zero-order chi connectivity index (χ0) is 33.5. The summed E-state index contributed by atoms with van der Waals surface area (Å²) in [6.45, 7) is 0.953. The summed E-state index contributed by atoms with van der Waals surface area (Å²) in [6.07, 6.45) is -4.25. The lowest BCUT2D eigenvalue weighted by atomic mass is 9.99. The predicted molar refractivity (Wildman–Crippen MR) is 163 cm³/mol. The summed E-state index contributed by atoms with van der Waals surface area (Å²) in [5, 5.41) is 2.63. The number of hydrogen-bond acceptors (Lipinski definition) is 6. The van der Waals surface area contributed by atoms with Crippen LogP contribution in [-0.2, 0) is 32.5 Å². The van der Waals surface area contributed by atoms with Gasteiger partial charge < -0.3 is 16.0 Å². The number of rotatable bonds is 12. The maximum absolute atomic E-state index is 13.6. The van der Waals surface area contributed by atoms with Gasteiger partial charge in [0.2, 0.25) is 21.8 Å². The Morgan fingerprint density at radius 3 is 2.33 bits per heavy atom. The summed E-state index contributed by atoms with van der Waals surface area (Å²) in [6, 6.07) is 17.4. The zero-order valence-corrected chi connectivity index (χ0v) is 25.5. The Labute approximate surface area is 263 Å². The maximum atomic E-state index is 13.6. The fraction of sp³-hybridized carbons (Fsp3) is 0.355. The third-order valence-corrected chi connectivity index (χ3v) is 8.51. The van der Waals surface area contributed by atoms with E-state index in [4.69, 9.17) is 5.73 Å². The van der Waals surface area contributed by atoms with Gasteiger partial charge in [-0.1, -0.05) is 42.5 Å². The first-order chi connectivity index (χ1) is 21.7. The van der Waals surface area contributed by atoms with E-state index in [1.807, 2.05) is 40.0 Å². The molecule has 46 heavy (non-hydrogen) atoms. The number of halogens is 5. The van der Waals surface area contributed by atoms with Crippen molar-refractivity contribution in [1.29, 1.82) is 0 Å². The molecule has 0 aliphatic carbocycles. The van der Waals surface area contributed by atoms with Crippen molar-refractivity contribution in [1.82, 2.24) is 9.80 Å². The fourth-order valence-corrected chi connectivity index (χ4v) is 6.32. The summed E-state index contributed by atoms with van der Waals surface area (Å²) >= 11 is 0. The predicted octanol–water partition coefficient (Wildman–Crippen LogP) is 3.92. The summed E-state index contributed by atoms with van der Waals surface area (Å²) in [7, 11) is -4.70. The molecule has 2 amide bonds. The molecule has 2 atom stereocenters. The van der Waals surface area contributed by atoms with Crippen molar-refractivity contribution in [2.75, 3.05) is 42.0 Å². The van der Waals surface area contributed by atoms with E-state index in [1.54, 1.807) is 4.90 Å². The Balaban J connectivity index is 1.37. The molecule has 248 valence electrons. The molecule has 1 unspecified atom stereocenters. The van der Waals surface area contributed by atoms with Crippen LogP contribution in [0.5, 0.6) is 0 Å². The van der Waals surface area contributed by atoms with E-state index in [0.717, 1.165) is 17.7 Å². The monoisotopic (exact) mass is 667 g/mol. The Kier molecular flexibility index (Phi) is 11.3. The molecule has 3 aromatic rings. The standard InChI is InChI=1S/C31H34F5N5O4S/c32-27-10-9-22(15-28(27)33)13-23(37)16-30(43)41-12-11-40(18-26(41)14-21-5-2-1-3-6-21)19-29(42)38-24-7-4-8-25(17-24)39-46(44,45)20-31(34,35)36/h1-10,15,17,23,26,39H,11-14,16,18-20,37H2,(H,38,42)/t23-,26?/m1/s1. The van der Waals surface area contributed by atoms with Gasteiger partial charge in [-0.2, -0.15) is 13.2 Å². The molecular formula is C31H34F5N5O4S. The van der Waals surface area contributed by atoms with Gasteiger partial charge in [-0.15, -0.1) is 0 Å². The Morgan fingerprint density at radius 2 is 1.63 bits per heavy atom. The van der Waals surface area contributed by atoms with Gasteiger partial charge in [-0.25, -0.2) is 17.2 Å². The molecule has 1 aliphatic heterocycles. The van der Waals surface area contributed by atoms with Crippen molar-refractivity contribution in [3.63, 3.8) is 0 Å². The minimum Gasteiger partial charge on any atom is -0.337 e. The highest BCUT2D eigenvalue weighted by molar-refractivity contribution is 7.92. The lowest BCUT2D eigenvalue weighted by Gasteiger charge is -2.42. The molecule has 0 radical (unpaired) electrons. The second-order valence-electron chi connectivity index (χ2n) is 11.2. The number of nitrogens with zero attached hydrogens (tertiary/aromatic N) is 2. The highest BCUT2D eigenvalue weighted by Crippen LogP contribution is 2.22. The highest BCUT2D eigenvalue weighted by atomic mass is 32.2. The van der Waals surface area contributed by atoms with Crippen LogP contribution in [0.3, 0.4) is 0 Å². The van der Waals surface area contributed by atoms with Gasteiger partial charge in [0.1, 0.15) is 0 Å². The quantitative estimate of drug-likeness (QED) is 0.252. The molecule has 0 spiro atoms. The van der Waals surface area contributed by atoms with E-state index in [-0.39, 0.29) is 42.7 Å². The number of benzene rings is 3. The van der Waals surface area contributed by atoms with E-state index in [1.165, 1.54) is 30.3 Å². The third kappa shape index (κ3) is 10.8. The second kappa shape index (κ2) is 15.0. The average Bonchev–Trinajstić information content (AvgIpc) is 2.94. The molecule has 1 saturated heterocycles. The Hall–Kier alpha value is -4.08. The van der Waals surface area contributed by atoms with Crippen LogP contribution in [0.2, 0.25) is 0 Å². The van der Waals surface area contributed by atoms with Crippen LogP contribution in [0.4, 0.5) is 33.3 Å². The minimum absolute atomic E-state index is 0.0200. The number of nitrogens with two attached hydrogens (primary N) is 1. The van der Waals surface area contributed by atoms with Gasteiger partial charge >= 0.3 is 6.18 Å². The van der Waals surface area contributed by atoms with Gasteiger partial charge in [0.25, 0.3) is 0 Å². The fourth-order valence-electron chi connectivity index (χ4n) is 5.33. The minimum atomic E-state index is -4.92. The molecule has 0 saturated carbocycles. The van der Waals surface area contributed by atoms with Crippen LogP contribution in [0.15, 0.2) is 72.8 Å². The van der Waals surface area contributed by atoms with Crippen LogP contribution in [0, 0.1) is 11.6 Å². The van der Waals surface area contributed by atoms with Gasteiger partial charge in [0, 0.05) is 43.8 Å². The van der Waals surface area contributed by atoms with Gasteiger partial charge in [0.15, 0.2) is 17.4 Å². The molecule has 1 fully saturated rings. The van der Waals surface area contributed by atoms with E-state index in [2.05, 4.69) is 5.32 Å². The van der Waals surface area contributed by atoms with E-state index >= 15 is 0 Å². The molecule has 3 aromatic carbocycles. The number of alkyl halides is 3. The molecule has 4 N–H and O–H groups in total. The zero-order valence-electron chi connectivity index (χ0n) is 24.6. The topological polar surface area (TPSA) is 125 Å². The molecule has 15 heteroatoms. The van der Waals surface area contributed by atoms with Crippen molar-refractivity contribution in [3.8, 4) is 0 Å². The lowest BCUT2D eigenvalue weighted by Crippen LogP contribution is -2.57. The van der Waals surface area contributed by atoms with Crippen LogP contribution in [-0.4, -0.2) is 80.2 Å². The molecule has 1 heterocycles. The first-order valence-electron chi connectivity index (χ1n) is 14.4. The molecule has 0 aromatic heterocycles. The summed E-state index contributed by atoms with van der Waals surface area (Å²) in [4.78, 5) is 29.9. The number of amides is 2. The summed E-state index contributed by atoms with van der Waals surface area (Å²) in [5.41, 5.74) is 7.72. The number of carbonyl (C=O) groups is 2. The molecule has 0 bridgehead atoms. The largest absolute Gasteiger partial charge is 0.404 e. The number of nitrogens with one attached hydrogen (secondary N) is 2. The first kappa shape index (κ1) is 34.8. The first-order valence-corrected chi connectivity index (χ1v) is 16.0. The molecular weight excluding hydrogens is 633 g/mol. The van der Waals surface area contributed by atoms with E-state index < -0.39 is 45.5 Å². The number of anilines is 2. The molecule has 4 rings (SSSR count). The Morgan fingerprint density at radius 1 is 0.913 bits per heavy atom. The van der Waals surface area contributed by atoms with Gasteiger partial charge in [-0.3, -0.25) is 19.2 Å². The van der Waals surface area contributed by atoms with Gasteiger partial charge in [-0.05, 0) is 54.3 Å². The normalized spacial score (nSPS) is 16.6. The summed E-state index contributed by atoms with van der Waals surface area (Å²) in [5.74, 6) is -4.65. The van der Waals surface area contributed by atoms with Crippen molar-refractivity contribution >= 4 is 33.2 Å². The molecule has 1 aliphatic rings. The smallest absolute Gasteiger partial charge is 0.337 e. The number of piperazine rings is 1. The number of sulfonamides is 1. The maximum Gasteiger partial charge on any atom is 0.404 e. The lowest BCUT2D eigenvalue weighted by molar-refractivity contribution is -0.136. The van der Waals surface area contributed by atoms with Crippen molar-refractivity contribution in [3.05, 3.63) is 95.6 Å². The van der Waals surface area contributed by atoms with Crippen molar-refractivity contribution < 1.29 is 40.0 Å². The summed E-state index contributed by atoms with van der Waals surface area (Å²) < 4.78 is 90.2. The van der Waals surface area contributed by atoms with Crippen LogP contribution in [0.1, 0.15) is 17.5 Å². The highest BCUT2D eigenvalue weighted by Gasteiger charge is 2.35. The van der Waals surface area contributed by atoms with Gasteiger partial charge in [0.05, 0.1) is 12.2 Å². The van der Waals surface area contributed by atoms with E-state index in [0.29, 0.717) is 31.6 Å². The molecule has 9 nitrogen and oxygen atoms in total. The van der Waals surface area contributed by atoms with Crippen molar-refractivity contribution in [2.45, 2.75) is 37.5 Å². The number of hydrogen-bond donors (Lipinski definition) is 3. The van der Waals surface area contributed by atoms with Crippen LogP contribution >= 0.6 is 0 Å².